The number of halogens is 1. The van der Waals surface area contributed by atoms with Crippen molar-refractivity contribution < 1.29 is 13.9 Å². The van der Waals surface area contributed by atoms with E-state index in [1.165, 1.54) is 34.1 Å². The van der Waals surface area contributed by atoms with Crippen molar-refractivity contribution in [3.63, 3.8) is 0 Å². The summed E-state index contributed by atoms with van der Waals surface area (Å²) in [4.78, 5) is 28.1. The highest BCUT2D eigenvalue weighted by Gasteiger charge is 2.09. The highest BCUT2D eigenvalue weighted by atomic mass is 79.9. The fourth-order valence-electron chi connectivity index (χ4n) is 1.77. The molecule has 0 aliphatic heterocycles. The number of fused-ring (bicyclic) bond motifs is 1. The summed E-state index contributed by atoms with van der Waals surface area (Å²) in [5.74, 6) is -0.00620. The SMILES string of the molecule is Cc1cc(=O)n2nc(COC(=O)/C=C/c3ccc(Br)o3)sc2n1. The van der Waals surface area contributed by atoms with Crippen LogP contribution in [0.4, 0.5) is 0 Å². The molecule has 0 amide bonds. The Morgan fingerprint density at radius 3 is 3.09 bits per heavy atom. The summed E-state index contributed by atoms with van der Waals surface area (Å²) in [7, 11) is 0. The van der Waals surface area contributed by atoms with Crippen molar-refractivity contribution >= 4 is 44.3 Å². The van der Waals surface area contributed by atoms with Crippen molar-refractivity contribution in [1.29, 1.82) is 0 Å². The first-order valence-electron chi connectivity index (χ1n) is 6.48. The van der Waals surface area contributed by atoms with Gasteiger partial charge >= 0.3 is 5.97 Å². The molecule has 7 nitrogen and oxygen atoms in total. The normalized spacial score (nSPS) is 11.4. The van der Waals surface area contributed by atoms with Gasteiger partial charge in [0.1, 0.15) is 12.4 Å². The van der Waals surface area contributed by atoms with Crippen LogP contribution in [0.15, 0.2) is 38.2 Å². The zero-order valence-corrected chi connectivity index (χ0v) is 14.3. The van der Waals surface area contributed by atoms with Crippen LogP contribution in [0.5, 0.6) is 0 Å². The summed E-state index contributed by atoms with van der Waals surface area (Å²) in [6, 6.07) is 4.83. The lowest BCUT2D eigenvalue weighted by atomic mass is 10.4. The molecule has 0 unspecified atom stereocenters. The zero-order valence-electron chi connectivity index (χ0n) is 11.9. The first kappa shape index (κ1) is 15.6. The maximum Gasteiger partial charge on any atom is 0.331 e. The topological polar surface area (TPSA) is 86.7 Å². The van der Waals surface area contributed by atoms with Crippen molar-refractivity contribution in [2.45, 2.75) is 13.5 Å². The predicted octanol–water partition coefficient (Wildman–Crippen LogP) is 2.57. The van der Waals surface area contributed by atoms with Crippen LogP contribution < -0.4 is 5.56 Å². The minimum absolute atomic E-state index is 0.0302. The molecule has 0 saturated carbocycles. The minimum Gasteiger partial charge on any atom is -0.455 e. The zero-order chi connectivity index (χ0) is 16.4. The fraction of sp³-hybridized carbons (Fsp3) is 0.143. The van der Waals surface area contributed by atoms with Crippen molar-refractivity contribution in [3.8, 4) is 0 Å². The molecule has 0 spiro atoms. The number of rotatable bonds is 4. The van der Waals surface area contributed by atoms with E-state index in [-0.39, 0.29) is 12.2 Å². The average Bonchev–Trinajstić information content (AvgIpc) is 3.09. The van der Waals surface area contributed by atoms with E-state index < -0.39 is 5.97 Å². The molecular weight excluding hydrogens is 386 g/mol. The highest BCUT2D eigenvalue weighted by molar-refractivity contribution is 9.10. The number of nitrogens with zero attached hydrogens (tertiary/aromatic N) is 3. The van der Waals surface area contributed by atoms with Gasteiger partial charge in [-0.3, -0.25) is 4.79 Å². The fourth-order valence-corrected chi connectivity index (χ4v) is 2.94. The van der Waals surface area contributed by atoms with E-state index in [0.29, 0.717) is 26.1 Å². The standard InChI is InChI=1S/C14H10BrN3O4S/c1-8-6-12(19)18-14(16-8)23-11(17-18)7-21-13(20)5-3-9-2-4-10(15)22-9/h2-6H,7H2,1H3/b5-3+. The lowest BCUT2D eigenvalue weighted by Gasteiger charge is -1.96. The number of aryl methyl sites for hydroxylation is 1. The molecule has 23 heavy (non-hydrogen) atoms. The van der Waals surface area contributed by atoms with Gasteiger partial charge in [-0.15, -0.1) is 0 Å². The van der Waals surface area contributed by atoms with E-state index in [2.05, 4.69) is 26.0 Å². The van der Waals surface area contributed by atoms with Crippen LogP contribution in [0, 0.1) is 6.92 Å². The molecule has 0 aliphatic rings. The maximum absolute atomic E-state index is 11.7. The molecule has 0 fully saturated rings. The van der Waals surface area contributed by atoms with Gasteiger partial charge in [0.2, 0.25) is 4.96 Å². The average molecular weight is 396 g/mol. The third-order valence-electron chi connectivity index (χ3n) is 2.73. The van der Waals surface area contributed by atoms with Crippen LogP contribution in [0.3, 0.4) is 0 Å². The molecule has 0 N–H and O–H groups in total. The van der Waals surface area contributed by atoms with E-state index >= 15 is 0 Å². The lowest BCUT2D eigenvalue weighted by Crippen LogP contribution is -2.14. The molecule has 3 heterocycles. The van der Waals surface area contributed by atoms with Gasteiger partial charge in [-0.05, 0) is 41.1 Å². The summed E-state index contributed by atoms with van der Waals surface area (Å²) in [6.45, 7) is 1.70. The summed E-state index contributed by atoms with van der Waals surface area (Å²) >= 11 is 4.37. The van der Waals surface area contributed by atoms with Crippen LogP contribution in [0.25, 0.3) is 11.0 Å². The maximum atomic E-state index is 11.7. The quantitative estimate of drug-likeness (QED) is 0.498. The highest BCUT2D eigenvalue weighted by Crippen LogP contribution is 2.15. The number of esters is 1. The monoisotopic (exact) mass is 395 g/mol. The second-order valence-corrected chi connectivity index (χ2v) is 6.33. The van der Waals surface area contributed by atoms with Crippen LogP contribution in [-0.4, -0.2) is 20.6 Å². The molecule has 3 rings (SSSR count). The third-order valence-corrected chi connectivity index (χ3v) is 4.04. The number of carbonyl (C=O) groups is 1. The van der Waals surface area contributed by atoms with Gasteiger partial charge in [-0.1, -0.05) is 11.3 Å². The summed E-state index contributed by atoms with van der Waals surface area (Å²) < 4.78 is 12.1. The number of furan rings is 1. The molecule has 0 radical (unpaired) electrons. The molecular formula is C14H10BrN3O4S. The minimum atomic E-state index is -0.534. The Morgan fingerprint density at radius 1 is 1.52 bits per heavy atom. The first-order valence-corrected chi connectivity index (χ1v) is 8.09. The van der Waals surface area contributed by atoms with Crippen molar-refractivity contribution in [3.05, 3.63) is 55.8 Å². The van der Waals surface area contributed by atoms with E-state index in [0.717, 1.165) is 0 Å². The molecule has 0 bridgehead atoms. The van der Waals surface area contributed by atoms with Crippen molar-refractivity contribution in [1.82, 2.24) is 14.6 Å². The Morgan fingerprint density at radius 2 is 2.35 bits per heavy atom. The number of hydrogen-bond donors (Lipinski definition) is 0. The number of aromatic nitrogens is 3. The Kier molecular flexibility index (Phi) is 4.39. The molecule has 0 aromatic carbocycles. The van der Waals surface area contributed by atoms with E-state index in [1.54, 1.807) is 19.1 Å². The molecule has 0 aliphatic carbocycles. The predicted molar refractivity (Wildman–Crippen MR) is 87.1 cm³/mol. The van der Waals surface area contributed by atoms with E-state index in [9.17, 15) is 9.59 Å². The van der Waals surface area contributed by atoms with E-state index in [4.69, 9.17) is 9.15 Å². The summed E-state index contributed by atoms with van der Waals surface area (Å²) in [5.41, 5.74) is 0.361. The van der Waals surface area contributed by atoms with Gasteiger partial charge in [0.25, 0.3) is 5.56 Å². The Bertz CT molecular complexity index is 956. The smallest absolute Gasteiger partial charge is 0.331 e. The molecule has 3 aromatic heterocycles. The van der Waals surface area contributed by atoms with Gasteiger partial charge in [-0.2, -0.15) is 9.61 Å². The second kappa shape index (κ2) is 6.47. The van der Waals surface area contributed by atoms with Crippen LogP contribution in [-0.2, 0) is 16.1 Å². The van der Waals surface area contributed by atoms with Gasteiger partial charge in [0, 0.05) is 17.8 Å². The number of ether oxygens (including phenoxy) is 1. The van der Waals surface area contributed by atoms with Gasteiger partial charge in [0.05, 0.1) is 0 Å². The summed E-state index contributed by atoms with van der Waals surface area (Å²) in [5, 5.41) is 4.57. The first-order chi connectivity index (χ1) is 11.0. The third kappa shape index (κ3) is 3.74. The van der Waals surface area contributed by atoms with Gasteiger partial charge in [-0.25, -0.2) is 9.78 Å². The molecule has 118 valence electrons. The Labute approximate surface area is 142 Å². The largest absolute Gasteiger partial charge is 0.455 e. The second-order valence-electron chi connectivity index (χ2n) is 4.51. The number of carbonyl (C=O) groups excluding carboxylic acids is 1. The lowest BCUT2D eigenvalue weighted by molar-refractivity contribution is -0.138. The molecule has 9 heteroatoms. The van der Waals surface area contributed by atoms with Gasteiger partial charge in [0.15, 0.2) is 9.68 Å². The van der Waals surface area contributed by atoms with Crippen LogP contribution in [0.2, 0.25) is 0 Å². The van der Waals surface area contributed by atoms with E-state index in [1.807, 2.05) is 0 Å². The Balaban J connectivity index is 1.66. The van der Waals surface area contributed by atoms with Crippen molar-refractivity contribution in [2.24, 2.45) is 0 Å². The molecule has 3 aromatic rings. The molecule has 0 atom stereocenters. The molecule has 0 saturated heterocycles. The summed E-state index contributed by atoms with van der Waals surface area (Å²) in [6.07, 6.45) is 2.76. The van der Waals surface area contributed by atoms with Crippen molar-refractivity contribution in [2.75, 3.05) is 0 Å². The van der Waals surface area contributed by atoms with Crippen LogP contribution >= 0.6 is 27.3 Å². The van der Waals surface area contributed by atoms with Crippen LogP contribution in [0.1, 0.15) is 16.5 Å². The Hall–Kier alpha value is -2.26. The van der Waals surface area contributed by atoms with Gasteiger partial charge < -0.3 is 9.15 Å². The number of hydrogen-bond acceptors (Lipinski definition) is 7.